The number of likely N-dealkylation sites (N-methyl/N-ethyl adjacent to an activating group) is 2. The first-order valence-corrected chi connectivity index (χ1v) is 6.49. The summed E-state index contributed by atoms with van der Waals surface area (Å²) in [5.74, 6) is -0.677. The average molecular weight is 265 g/mol. The molecule has 0 unspecified atom stereocenters. The predicted octanol–water partition coefficient (Wildman–Crippen LogP) is 1.78. The van der Waals surface area contributed by atoms with Gasteiger partial charge in [-0.15, -0.1) is 0 Å². The first kappa shape index (κ1) is 13.9. The summed E-state index contributed by atoms with van der Waals surface area (Å²) in [5, 5.41) is 0. The van der Waals surface area contributed by atoms with E-state index in [1.165, 1.54) is 24.8 Å². The van der Waals surface area contributed by atoms with Crippen molar-refractivity contribution in [2.45, 2.75) is 24.8 Å². The highest BCUT2D eigenvalue weighted by Crippen LogP contribution is 2.36. The molecule has 19 heavy (non-hydrogen) atoms. The van der Waals surface area contributed by atoms with Crippen LogP contribution in [0, 0.1) is 5.95 Å². The Hall–Kier alpha value is -1.49. The van der Waals surface area contributed by atoms with E-state index >= 15 is 0 Å². The fourth-order valence-electron chi connectivity index (χ4n) is 2.57. The Labute approximate surface area is 113 Å². The van der Waals surface area contributed by atoms with E-state index in [0.717, 1.165) is 12.8 Å². The first-order chi connectivity index (χ1) is 8.94. The Morgan fingerprint density at radius 3 is 2.47 bits per heavy atom. The molecule has 5 heteroatoms. The second kappa shape index (κ2) is 5.25. The van der Waals surface area contributed by atoms with Crippen LogP contribution in [0.1, 0.15) is 29.6 Å². The highest BCUT2D eigenvalue weighted by molar-refractivity contribution is 5.93. The molecule has 0 spiro atoms. The summed E-state index contributed by atoms with van der Waals surface area (Å²) in [5.41, 5.74) is 0.523. The number of halogens is 1. The molecule has 1 amide bonds. The van der Waals surface area contributed by atoms with Gasteiger partial charge in [0, 0.05) is 25.3 Å². The van der Waals surface area contributed by atoms with Gasteiger partial charge in [-0.2, -0.15) is 4.39 Å². The van der Waals surface area contributed by atoms with Crippen molar-refractivity contribution in [1.29, 1.82) is 0 Å². The number of amides is 1. The van der Waals surface area contributed by atoms with E-state index in [0.29, 0.717) is 12.1 Å². The summed E-state index contributed by atoms with van der Waals surface area (Å²) in [6.07, 6.45) is 4.72. The molecule has 1 fully saturated rings. The Bertz CT molecular complexity index is 454. The van der Waals surface area contributed by atoms with Crippen LogP contribution in [0.25, 0.3) is 0 Å². The third-order valence-corrected chi connectivity index (χ3v) is 4.09. The smallest absolute Gasteiger partial charge is 0.255 e. The average Bonchev–Trinajstić information content (AvgIpc) is 2.33. The quantitative estimate of drug-likeness (QED) is 0.779. The molecule has 4 nitrogen and oxygen atoms in total. The topological polar surface area (TPSA) is 36.4 Å². The molecule has 0 radical (unpaired) electrons. The second-order valence-electron chi connectivity index (χ2n) is 5.50. The molecule has 1 saturated carbocycles. The number of carbonyl (C=O) groups is 1. The van der Waals surface area contributed by atoms with Crippen LogP contribution in [0.15, 0.2) is 18.3 Å². The lowest BCUT2D eigenvalue weighted by molar-refractivity contribution is 0.0252. The van der Waals surface area contributed by atoms with Gasteiger partial charge in [0.2, 0.25) is 5.95 Å². The number of nitrogens with zero attached hydrogens (tertiary/aromatic N) is 3. The highest BCUT2D eigenvalue weighted by Gasteiger charge is 2.40. The summed E-state index contributed by atoms with van der Waals surface area (Å²) in [6.45, 7) is 0.691. The zero-order valence-electron chi connectivity index (χ0n) is 11.7. The van der Waals surface area contributed by atoms with Gasteiger partial charge in [0.1, 0.15) is 0 Å². The van der Waals surface area contributed by atoms with Crippen LogP contribution in [0.3, 0.4) is 0 Å². The molecule has 1 aliphatic carbocycles. The Morgan fingerprint density at radius 1 is 1.37 bits per heavy atom. The van der Waals surface area contributed by atoms with Crippen molar-refractivity contribution >= 4 is 5.91 Å². The van der Waals surface area contributed by atoms with Crippen molar-refractivity contribution in [2.75, 3.05) is 27.7 Å². The number of hydrogen-bond acceptors (Lipinski definition) is 3. The molecule has 2 rings (SSSR count). The van der Waals surface area contributed by atoms with Crippen LogP contribution in [0.5, 0.6) is 0 Å². The van der Waals surface area contributed by atoms with E-state index in [-0.39, 0.29) is 11.4 Å². The lowest BCUT2D eigenvalue weighted by Crippen LogP contribution is -2.57. The fraction of sp³-hybridized carbons (Fsp3) is 0.571. The van der Waals surface area contributed by atoms with E-state index in [2.05, 4.69) is 24.0 Å². The number of hydrogen-bond donors (Lipinski definition) is 0. The lowest BCUT2D eigenvalue weighted by atomic mass is 9.75. The van der Waals surface area contributed by atoms with Gasteiger partial charge in [-0.1, -0.05) is 0 Å². The third kappa shape index (κ3) is 2.76. The van der Waals surface area contributed by atoms with Crippen molar-refractivity contribution in [3.05, 3.63) is 29.8 Å². The molecule has 1 heterocycles. The molecule has 0 N–H and O–H groups in total. The van der Waals surface area contributed by atoms with Crippen molar-refractivity contribution in [3.63, 3.8) is 0 Å². The summed E-state index contributed by atoms with van der Waals surface area (Å²) in [7, 11) is 5.89. The lowest BCUT2D eigenvalue weighted by Gasteiger charge is -2.49. The Balaban J connectivity index is 2.05. The molecule has 1 aromatic rings. The van der Waals surface area contributed by atoms with Gasteiger partial charge in [0.15, 0.2) is 0 Å². The van der Waals surface area contributed by atoms with E-state index < -0.39 is 5.95 Å². The Kier molecular flexibility index (Phi) is 3.85. The molecule has 1 aromatic heterocycles. The third-order valence-electron chi connectivity index (χ3n) is 4.09. The van der Waals surface area contributed by atoms with E-state index in [1.807, 2.05) is 0 Å². The maximum absolute atomic E-state index is 12.7. The van der Waals surface area contributed by atoms with Crippen molar-refractivity contribution in [3.8, 4) is 0 Å². The molecule has 0 bridgehead atoms. The van der Waals surface area contributed by atoms with Gasteiger partial charge in [-0.05, 0) is 45.5 Å². The van der Waals surface area contributed by atoms with E-state index in [9.17, 15) is 9.18 Å². The second-order valence-corrected chi connectivity index (χ2v) is 5.50. The minimum absolute atomic E-state index is 0.0951. The monoisotopic (exact) mass is 265 g/mol. The number of pyridine rings is 1. The normalized spacial score (nSPS) is 17.1. The van der Waals surface area contributed by atoms with Crippen LogP contribution in [-0.2, 0) is 0 Å². The standard InChI is InChI=1S/C14H20FN3O/c1-17(2)14(7-4-8-14)10-18(3)13(19)11-5-6-12(15)16-9-11/h5-6,9H,4,7-8,10H2,1-3H3. The predicted molar refractivity (Wildman–Crippen MR) is 71.4 cm³/mol. The zero-order valence-corrected chi connectivity index (χ0v) is 11.7. The van der Waals surface area contributed by atoms with Gasteiger partial charge >= 0.3 is 0 Å². The highest BCUT2D eigenvalue weighted by atomic mass is 19.1. The van der Waals surface area contributed by atoms with E-state index in [1.54, 1.807) is 11.9 Å². The van der Waals surface area contributed by atoms with Crippen molar-refractivity contribution in [1.82, 2.24) is 14.8 Å². The first-order valence-electron chi connectivity index (χ1n) is 6.49. The molecular formula is C14H20FN3O. The van der Waals surface area contributed by atoms with Crippen LogP contribution >= 0.6 is 0 Å². The summed E-state index contributed by atoms with van der Waals surface area (Å²) in [4.78, 5) is 19.7. The number of aromatic nitrogens is 1. The van der Waals surface area contributed by atoms with Gasteiger partial charge in [0.25, 0.3) is 5.91 Å². The van der Waals surface area contributed by atoms with Crippen LogP contribution < -0.4 is 0 Å². The Morgan fingerprint density at radius 2 is 2.05 bits per heavy atom. The number of rotatable bonds is 4. The molecular weight excluding hydrogens is 245 g/mol. The van der Waals surface area contributed by atoms with Crippen LogP contribution in [0.2, 0.25) is 0 Å². The molecule has 0 aromatic carbocycles. The molecule has 0 aliphatic heterocycles. The van der Waals surface area contributed by atoms with Crippen molar-refractivity contribution < 1.29 is 9.18 Å². The van der Waals surface area contributed by atoms with Gasteiger partial charge < -0.3 is 9.80 Å². The summed E-state index contributed by atoms with van der Waals surface area (Å²) in [6, 6.07) is 2.69. The van der Waals surface area contributed by atoms with Crippen LogP contribution in [-0.4, -0.2) is 53.9 Å². The zero-order chi connectivity index (χ0) is 14.0. The van der Waals surface area contributed by atoms with Crippen LogP contribution in [0.4, 0.5) is 4.39 Å². The maximum atomic E-state index is 12.7. The maximum Gasteiger partial charge on any atom is 0.255 e. The molecule has 1 aliphatic rings. The molecule has 0 saturated heterocycles. The number of carbonyl (C=O) groups excluding carboxylic acids is 1. The molecule has 0 atom stereocenters. The van der Waals surface area contributed by atoms with E-state index in [4.69, 9.17) is 0 Å². The van der Waals surface area contributed by atoms with Gasteiger partial charge in [0.05, 0.1) is 5.56 Å². The van der Waals surface area contributed by atoms with Gasteiger partial charge in [-0.25, -0.2) is 4.98 Å². The molecule has 104 valence electrons. The van der Waals surface area contributed by atoms with Crippen molar-refractivity contribution in [2.24, 2.45) is 0 Å². The SMILES string of the molecule is CN(CC1(N(C)C)CCC1)C(=O)c1ccc(F)nc1. The van der Waals surface area contributed by atoms with Gasteiger partial charge in [-0.3, -0.25) is 4.79 Å². The summed E-state index contributed by atoms with van der Waals surface area (Å²) < 4.78 is 12.7. The largest absolute Gasteiger partial charge is 0.340 e. The minimum atomic E-state index is -0.567. The fourth-order valence-corrected chi connectivity index (χ4v) is 2.57. The summed E-state index contributed by atoms with van der Waals surface area (Å²) >= 11 is 0. The minimum Gasteiger partial charge on any atom is -0.340 e.